The highest BCUT2D eigenvalue weighted by Gasteiger charge is 2.07. The highest BCUT2D eigenvalue weighted by atomic mass is 35.5. The predicted octanol–water partition coefficient (Wildman–Crippen LogP) is 2.88. The molecule has 2 aromatic rings. The summed E-state index contributed by atoms with van der Waals surface area (Å²) >= 11 is 5.91. The minimum absolute atomic E-state index is 0.107. The predicted molar refractivity (Wildman–Crippen MR) is 60.4 cm³/mol. The number of aromatic nitrogens is 3. The van der Waals surface area contributed by atoms with Gasteiger partial charge >= 0.3 is 0 Å². The zero-order chi connectivity index (χ0) is 10.8. The molecule has 1 aromatic carbocycles. The maximum Gasteiger partial charge on any atom is 0.101 e. The van der Waals surface area contributed by atoms with Crippen LogP contribution < -0.4 is 0 Å². The van der Waals surface area contributed by atoms with Crippen LogP contribution in [-0.4, -0.2) is 15.0 Å². The van der Waals surface area contributed by atoms with Gasteiger partial charge in [0.1, 0.15) is 5.69 Å². The van der Waals surface area contributed by atoms with E-state index in [9.17, 15) is 0 Å². The van der Waals surface area contributed by atoms with E-state index in [1.807, 2.05) is 37.4 Å². The Bertz CT molecular complexity index is 445. The fraction of sp³-hybridized carbons (Fsp3) is 0.273. The Labute approximate surface area is 93.7 Å². The first-order chi connectivity index (χ1) is 7.16. The Kier molecular flexibility index (Phi) is 2.73. The molecular weight excluding hydrogens is 210 g/mol. The lowest BCUT2D eigenvalue weighted by atomic mass is 10.2. The molecule has 15 heavy (non-hydrogen) atoms. The number of hydrogen-bond donors (Lipinski definition) is 0. The first kappa shape index (κ1) is 10.2. The number of benzene rings is 1. The lowest BCUT2D eigenvalue weighted by molar-refractivity contribution is 0.796. The van der Waals surface area contributed by atoms with E-state index in [0.29, 0.717) is 0 Å². The van der Waals surface area contributed by atoms with Gasteiger partial charge in [0.2, 0.25) is 0 Å². The monoisotopic (exact) mass is 221 g/mol. The van der Waals surface area contributed by atoms with Crippen molar-refractivity contribution >= 4 is 11.6 Å². The van der Waals surface area contributed by atoms with Gasteiger partial charge in [-0.1, -0.05) is 22.9 Å². The molecule has 0 amide bonds. The van der Waals surface area contributed by atoms with Crippen molar-refractivity contribution in [3.63, 3.8) is 0 Å². The molecule has 0 radical (unpaired) electrons. The maximum atomic E-state index is 5.91. The molecule has 78 valence electrons. The van der Waals surface area contributed by atoms with E-state index in [4.69, 9.17) is 11.6 Å². The van der Waals surface area contributed by atoms with Gasteiger partial charge in [0.15, 0.2) is 0 Å². The van der Waals surface area contributed by atoms with Gasteiger partial charge in [-0.15, -0.1) is 16.7 Å². The molecule has 0 aliphatic rings. The smallest absolute Gasteiger partial charge is 0.101 e. The van der Waals surface area contributed by atoms with Gasteiger partial charge in [-0.2, -0.15) is 0 Å². The SMILES string of the molecule is Cc1ccc(-n2cc(C(C)Cl)nn2)cc1. The molecule has 1 aromatic heterocycles. The van der Waals surface area contributed by atoms with Crippen LogP contribution in [0.1, 0.15) is 23.6 Å². The highest BCUT2D eigenvalue weighted by molar-refractivity contribution is 6.20. The van der Waals surface area contributed by atoms with Crippen LogP contribution in [0.3, 0.4) is 0 Å². The van der Waals surface area contributed by atoms with Gasteiger partial charge < -0.3 is 0 Å². The Morgan fingerprint density at radius 1 is 1.27 bits per heavy atom. The molecule has 0 fully saturated rings. The quantitative estimate of drug-likeness (QED) is 0.731. The van der Waals surface area contributed by atoms with Crippen LogP contribution in [0.25, 0.3) is 5.69 Å². The van der Waals surface area contributed by atoms with Crippen LogP contribution >= 0.6 is 11.6 Å². The van der Waals surface area contributed by atoms with Gasteiger partial charge in [0, 0.05) is 0 Å². The number of halogens is 1. The lowest BCUT2D eigenvalue weighted by Gasteiger charge is -1.99. The summed E-state index contributed by atoms with van der Waals surface area (Å²) < 4.78 is 1.73. The molecule has 1 heterocycles. The Morgan fingerprint density at radius 3 is 2.47 bits per heavy atom. The maximum absolute atomic E-state index is 5.91. The van der Waals surface area contributed by atoms with Crippen molar-refractivity contribution in [2.45, 2.75) is 19.2 Å². The molecule has 0 saturated heterocycles. The average Bonchev–Trinajstić information content (AvgIpc) is 2.68. The van der Waals surface area contributed by atoms with Gasteiger partial charge in [-0.3, -0.25) is 0 Å². The molecule has 3 nitrogen and oxygen atoms in total. The molecule has 0 bridgehead atoms. The molecule has 0 aliphatic heterocycles. The zero-order valence-corrected chi connectivity index (χ0v) is 9.44. The van der Waals surface area contributed by atoms with Crippen molar-refractivity contribution in [1.29, 1.82) is 0 Å². The normalized spacial score (nSPS) is 12.7. The van der Waals surface area contributed by atoms with Gasteiger partial charge in [0.25, 0.3) is 0 Å². The number of rotatable bonds is 2. The molecule has 0 saturated carbocycles. The molecule has 0 aliphatic carbocycles. The first-order valence-corrected chi connectivity index (χ1v) is 5.24. The molecule has 2 rings (SSSR count). The standard InChI is InChI=1S/C11H12ClN3/c1-8-3-5-10(6-4-8)15-7-11(9(2)12)13-14-15/h3-7,9H,1-2H3. The summed E-state index contributed by atoms with van der Waals surface area (Å²) in [6.45, 7) is 3.93. The average molecular weight is 222 g/mol. The second-order valence-corrected chi connectivity index (χ2v) is 4.19. The summed E-state index contributed by atoms with van der Waals surface area (Å²) in [7, 11) is 0. The van der Waals surface area contributed by atoms with Gasteiger partial charge in [0.05, 0.1) is 17.3 Å². The van der Waals surface area contributed by atoms with Crippen LogP contribution in [0.15, 0.2) is 30.5 Å². The molecule has 0 N–H and O–H groups in total. The number of alkyl halides is 1. The highest BCUT2D eigenvalue weighted by Crippen LogP contribution is 2.17. The number of hydrogen-bond acceptors (Lipinski definition) is 2. The van der Waals surface area contributed by atoms with Crippen molar-refractivity contribution in [3.8, 4) is 5.69 Å². The van der Waals surface area contributed by atoms with Crippen LogP contribution in [0.4, 0.5) is 0 Å². The van der Waals surface area contributed by atoms with Gasteiger partial charge in [-0.25, -0.2) is 4.68 Å². The van der Waals surface area contributed by atoms with E-state index >= 15 is 0 Å². The third-order valence-electron chi connectivity index (χ3n) is 2.22. The first-order valence-electron chi connectivity index (χ1n) is 4.80. The van der Waals surface area contributed by atoms with E-state index in [-0.39, 0.29) is 5.38 Å². The van der Waals surface area contributed by atoms with Crippen LogP contribution in [-0.2, 0) is 0 Å². The molecular formula is C11H12ClN3. The van der Waals surface area contributed by atoms with Crippen molar-refractivity contribution in [2.75, 3.05) is 0 Å². The van der Waals surface area contributed by atoms with Crippen molar-refractivity contribution in [3.05, 3.63) is 41.7 Å². The molecule has 1 unspecified atom stereocenters. The summed E-state index contributed by atoms with van der Waals surface area (Å²) in [4.78, 5) is 0. The molecule has 0 spiro atoms. The van der Waals surface area contributed by atoms with E-state index in [1.54, 1.807) is 4.68 Å². The van der Waals surface area contributed by atoms with Crippen LogP contribution in [0.2, 0.25) is 0 Å². The third kappa shape index (κ3) is 2.18. The summed E-state index contributed by atoms with van der Waals surface area (Å²) in [5, 5.41) is 7.91. The zero-order valence-electron chi connectivity index (χ0n) is 8.68. The molecule has 1 atom stereocenters. The lowest BCUT2D eigenvalue weighted by Crippen LogP contribution is -1.94. The largest absolute Gasteiger partial charge is 0.220 e. The second kappa shape index (κ2) is 4.03. The molecule has 4 heteroatoms. The van der Waals surface area contributed by atoms with Gasteiger partial charge in [-0.05, 0) is 26.0 Å². The fourth-order valence-electron chi connectivity index (χ4n) is 1.28. The summed E-state index contributed by atoms with van der Waals surface area (Å²) in [5.41, 5.74) is 3.01. The summed E-state index contributed by atoms with van der Waals surface area (Å²) in [6, 6.07) is 8.10. The van der Waals surface area contributed by atoms with E-state index < -0.39 is 0 Å². The second-order valence-electron chi connectivity index (χ2n) is 3.54. The Morgan fingerprint density at radius 2 is 1.93 bits per heavy atom. The number of aryl methyl sites for hydroxylation is 1. The number of nitrogens with zero attached hydrogens (tertiary/aromatic N) is 3. The van der Waals surface area contributed by atoms with Crippen molar-refractivity contribution in [1.82, 2.24) is 15.0 Å². The van der Waals surface area contributed by atoms with E-state index in [0.717, 1.165) is 11.4 Å². The Hall–Kier alpha value is -1.35. The summed E-state index contributed by atoms with van der Waals surface area (Å²) in [5.74, 6) is 0. The van der Waals surface area contributed by atoms with Crippen LogP contribution in [0.5, 0.6) is 0 Å². The Balaban J connectivity index is 2.33. The third-order valence-corrected chi connectivity index (χ3v) is 2.44. The van der Waals surface area contributed by atoms with Crippen LogP contribution in [0, 0.1) is 6.92 Å². The minimum atomic E-state index is -0.107. The van der Waals surface area contributed by atoms with Crippen molar-refractivity contribution in [2.24, 2.45) is 0 Å². The van der Waals surface area contributed by atoms with E-state index in [1.165, 1.54) is 5.56 Å². The topological polar surface area (TPSA) is 30.7 Å². The van der Waals surface area contributed by atoms with Crippen molar-refractivity contribution < 1.29 is 0 Å². The summed E-state index contributed by atoms with van der Waals surface area (Å²) in [6.07, 6.45) is 1.85. The van der Waals surface area contributed by atoms with E-state index in [2.05, 4.69) is 17.2 Å². The fourth-order valence-corrected chi connectivity index (χ4v) is 1.38. The minimum Gasteiger partial charge on any atom is -0.220 e.